The van der Waals surface area contributed by atoms with Gasteiger partial charge in [-0.05, 0) is 84.4 Å². The third kappa shape index (κ3) is 5.61. The Hall–Kier alpha value is -3.54. The second-order valence-electron chi connectivity index (χ2n) is 12.0. The van der Waals surface area contributed by atoms with Crippen LogP contribution in [0.5, 0.6) is 0 Å². The van der Waals surface area contributed by atoms with Crippen molar-refractivity contribution >= 4 is 39.4 Å². The molecule has 2 aliphatic rings. The zero-order valence-corrected chi connectivity index (χ0v) is 26.3. The molecule has 2 aliphatic heterocycles. The molecule has 5 heterocycles. The maximum Gasteiger partial charge on any atom is 0.259 e. The monoisotopic (exact) mass is 592 g/mol. The van der Waals surface area contributed by atoms with Crippen molar-refractivity contribution in [1.29, 1.82) is 0 Å². The highest BCUT2D eigenvalue weighted by molar-refractivity contribution is 6.06. The van der Waals surface area contributed by atoms with Crippen LogP contribution in [0.4, 0.5) is 10.2 Å². The van der Waals surface area contributed by atoms with Gasteiger partial charge in [-0.15, -0.1) is 0 Å². The molecule has 1 unspecified atom stereocenters. The van der Waals surface area contributed by atoms with Gasteiger partial charge < -0.3 is 25.4 Å². The average Bonchev–Trinajstić information content (AvgIpc) is 3.53. The van der Waals surface area contributed by atoms with Crippen LogP contribution in [0.1, 0.15) is 49.0 Å². The van der Waals surface area contributed by atoms with E-state index in [-0.39, 0.29) is 16.8 Å². The van der Waals surface area contributed by atoms with E-state index in [4.69, 9.17) is 4.98 Å². The van der Waals surface area contributed by atoms with Gasteiger partial charge in [0.25, 0.3) is 5.91 Å². The Morgan fingerprint density at radius 3 is 2.47 bits per heavy atom. The van der Waals surface area contributed by atoms with Gasteiger partial charge in [-0.1, -0.05) is 6.07 Å². The number of hydrogen-bond acceptors (Lipinski definition) is 7. The van der Waals surface area contributed by atoms with Crippen molar-refractivity contribution in [2.75, 3.05) is 58.3 Å². The molecule has 11 heteroatoms. The Balaban J connectivity index is 0.00000180. The number of piperazine rings is 1. The summed E-state index contributed by atoms with van der Waals surface area (Å²) >= 11 is 0. The van der Waals surface area contributed by atoms with E-state index in [9.17, 15) is 9.59 Å². The lowest BCUT2D eigenvalue weighted by Crippen LogP contribution is -2.49. The van der Waals surface area contributed by atoms with Crippen LogP contribution in [0.15, 0.2) is 29.1 Å². The largest absolute Gasteiger partial charge is 0.352 e. The molecule has 0 saturated carbocycles. The average molecular weight is 593 g/mol. The number of nitrogens with two attached hydrogens (primary N) is 1. The minimum atomic E-state index is -0.542. The number of pyridine rings is 2. The predicted molar refractivity (Wildman–Crippen MR) is 172 cm³/mol. The number of fused-ring (bicyclic) bond motifs is 5. The van der Waals surface area contributed by atoms with E-state index >= 15 is 4.39 Å². The number of benzene rings is 1. The van der Waals surface area contributed by atoms with E-state index < -0.39 is 17.2 Å². The lowest BCUT2D eigenvalue weighted by Gasteiger charge is -2.37. The summed E-state index contributed by atoms with van der Waals surface area (Å²) < 4.78 is 19.4. The van der Waals surface area contributed by atoms with Gasteiger partial charge in [0.1, 0.15) is 11.2 Å². The molecule has 4 aromatic rings. The number of carbonyl (C=O) groups is 1. The third-order valence-electron chi connectivity index (χ3n) is 9.11. The number of nitrogens with zero attached hydrogens (tertiary/aromatic N) is 6. The standard InChI is InChI=1S/C31H40FN7O2.CH5N/c1-19(2)37-13-15-38(16-14-37)29-23(32)18-22-27(40)26(30(41)33-11-10-21-7-6-12-35(21)4)31-36(5)24-9-8-20(3)17-25(24)39(31)28(22)34-29;1-2/h8-9,17-19,21H,6-7,10-16H2,1-5H3,(H,33,41);2H2,1H3. The fourth-order valence-electron chi connectivity index (χ4n) is 6.67. The fourth-order valence-corrected chi connectivity index (χ4v) is 6.67. The fraction of sp³-hybridized carbons (Fsp3) is 0.531. The molecule has 0 radical (unpaired) electrons. The Kier molecular flexibility index (Phi) is 9.05. The first-order valence-corrected chi connectivity index (χ1v) is 15.3. The smallest absolute Gasteiger partial charge is 0.259 e. The Morgan fingerprint density at radius 1 is 1.09 bits per heavy atom. The molecule has 3 N–H and O–H groups in total. The molecule has 2 fully saturated rings. The van der Waals surface area contributed by atoms with Gasteiger partial charge in [0.15, 0.2) is 17.3 Å². The first kappa shape index (κ1) is 30.9. The summed E-state index contributed by atoms with van der Waals surface area (Å²) in [6.45, 7) is 10.8. The number of halogens is 1. The van der Waals surface area contributed by atoms with Crippen LogP contribution < -0.4 is 21.4 Å². The van der Waals surface area contributed by atoms with Gasteiger partial charge in [0.05, 0.1) is 16.4 Å². The molecule has 1 atom stereocenters. The first-order chi connectivity index (χ1) is 20.7. The number of nitrogens with one attached hydrogen (secondary N) is 1. The summed E-state index contributed by atoms with van der Waals surface area (Å²) in [6.07, 6.45) is 3.08. The van der Waals surface area contributed by atoms with E-state index in [0.29, 0.717) is 43.0 Å². The molecule has 0 aliphatic carbocycles. The van der Waals surface area contributed by atoms with Gasteiger partial charge in [0, 0.05) is 51.9 Å². The van der Waals surface area contributed by atoms with Crippen LogP contribution in [-0.4, -0.2) is 95.1 Å². The molecule has 0 bridgehead atoms. The minimum Gasteiger partial charge on any atom is -0.352 e. The highest BCUT2D eigenvalue weighted by Gasteiger charge is 2.28. The Morgan fingerprint density at radius 2 is 1.81 bits per heavy atom. The third-order valence-corrected chi connectivity index (χ3v) is 9.11. The number of imidazole rings is 1. The maximum atomic E-state index is 15.7. The van der Waals surface area contributed by atoms with Crippen LogP contribution >= 0.6 is 0 Å². The number of hydrogen-bond donors (Lipinski definition) is 2. The normalized spacial score (nSPS) is 18.2. The van der Waals surface area contributed by atoms with E-state index in [1.807, 2.05) is 46.0 Å². The van der Waals surface area contributed by atoms with Crippen molar-refractivity contribution in [1.82, 2.24) is 29.1 Å². The SMILES string of the molecule is CN.Cc1ccc2c(c1)n1c3nc(N4CCN(C(C)C)CC4)c(F)cc3c(=O)c(C(=O)NCCC3CCCN3C)c1n2C. The highest BCUT2D eigenvalue weighted by atomic mass is 19.1. The summed E-state index contributed by atoms with van der Waals surface area (Å²) in [5, 5.41) is 3.11. The quantitative estimate of drug-likeness (QED) is 0.355. The zero-order chi connectivity index (χ0) is 31.0. The molecular weight excluding hydrogens is 547 g/mol. The molecule has 0 spiro atoms. The van der Waals surface area contributed by atoms with Crippen molar-refractivity contribution in [3.05, 3.63) is 51.4 Å². The molecule has 232 valence electrons. The number of carbonyl (C=O) groups excluding carboxylic acids is 1. The van der Waals surface area contributed by atoms with E-state index in [1.165, 1.54) is 13.1 Å². The zero-order valence-electron chi connectivity index (χ0n) is 26.3. The minimum absolute atomic E-state index is 0.0214. The number of aryl methyl sites for hydroxylation is 2. The van der Waals surface area contributed by atoms with Crippen LogP contribution in [-0.2, 0) is 7.05 Å². The van der Waals surface area contributed by atoms with Crippen molar-refractivity contribution in [3.8, 4) is 0 Å². The lowest BCUT2D eigenvalue weighted by molar-refractivity contribution is 0.0950. The van der Waals surface area contributed by atoms with Crippen molar-refractivity contribution < 1.29 is 9.18 Å². The van der Waals surface area contributed by atoms with E-state index in [2.05, 4.69) is 41.7 Å². The number of aromatic nitrogens is 3. The van der Waals surface area contributed by atoms with Gasteiger partial charge in [-0.3, -0.25) is 18.9 Å². The molecule has 2 saturated heterocycles. The highest BCUT2D eigenvalue weighted by Crippen LogP contribution is 2.29. The summed E-state index contributed by atoms with van der Waals surface area (Å²) in [4.78, 5) is 39.1. The van der Waals surface area contributed by atoms with Crippen molar-refractivity contribution in [3.63, 3.8) is 0 Å². The van der Waals surface area contributed by atoms with Crippen molar-refractivity contribution in [2.45, 2.75) is 52.1 Å². The maximum absolute atomic E-state index is 15.7. The number of anilines is 1. The molecule has 1 aromatic carbocycles. The second kappa shape index (κ2) is 12.6. The molecule has 10 nitrogen and oxygen atoms in total. The van der Waals surface area contributed by atoms with E-state index in [0.717, 1.165) is 55.5 Å². The molecular formula is C32H45FN8O2. The first-order valence-electron chi connectivity index (χ1n) is 15.3. The summed E-state index contributed by atoms with van der Waals surface area (Å²) in [6, 6.07) is 8.14. The number of rotatable bonds is 6. The van der Waals surface area contributed by atoms with Crippen LogP contribution in [0.3, 0.4) is 0 Å². The lowest BCUT2D eigenvalue weighted by atomic mass is 10.1. The van der Waals surface area contributed by atoms with Gasteiger partial charge in [-0.25, -0.2) is 9.37 Å². The van der Waals surface area contributed by atoms with Crippen LogP contribution in [0.25, 0.3) is 27.7 Å². The summed E-state index contributed by atoms with van der Waals surface area (Å²) in [5.41, 5.74) is 7.58. The van der Waals surface area contributed by atoms with Gasteiger partial charge in [-0.2, -0.15) is 0 Å². The van der Waals surface area contributed by atoms with E-state index in [1.54, 1.807) is 0 Å². The summed E-state index contributed by atoms with van der Waals surface area (Å²) in [5.74, 6) is -0.733. The Labute approximate surface area is 252 Å². The van der Waals surface area contributed by atoms with Crippen molar-refractivity contribution in [2.24, 2.45) is 12.8 Å². The Bertz CT molecular complexity index is 1700. The summed E-state index contributed by atoms with van der Waals surface area (Å²) in [7, 11) is 5.47. The van der Waals surface area contributed by atoms with Gasteiger partial charge >= 0.3 is 0 Å². The van der Waals surface area contributed by atoms with Crippen LogP contribution in [0.2, 0.25) is 0 Å². The number of likely N-dealkylation sites (tertiary alicyclic amines) is 1. The topological polar surface area (TPSA) is 104 Å². The molecule has 6 rings (SSSR count). The van der Waals surface area contributed by atoms with Crippen LogP contribution in [0, 0.1) is 12.7 Å². The molecule has 1 amide bonds. The molecule has 43 heavy (non-hydrogen) atoms. The number of amides is 1. The predicted octanol–water partition coefficient (Wildman–Crippen LogP) is 3.11. The van der Waals surface area contributed by atoms with Gasteiger partial charge in [0.2, 0.25) is 5.43 Å². The second-order valence-corrected chi connectivity index (χ2v) is 12.0. The molecule has 3 aromatic heterocycles.